The Morgan fingerprint density at radius 2 is 1.93 bits per heavy atom. The molecule has 0 saturated carbocycles. The molecule has 0 aromatic carbocycles. The summed E-state index contributed by atoms with van der Waals surface area (Å²) in [4.78, 5) is 10.3. The van der Waals surface area contributed by atoms with Gasteiger partial charge in [-0.15, -0.1) is 24.0 Å². The molecule has 8 nitrogen and oxygen atoms in total. The Morgan fingerprint density at radius 3 is 2.47 bits per heavy atom. The first-order valence-corrected chi connectivity index (χ1v) is 10.6. The minimum Gasteiger partial charge on any atom is -0.363 e. The monoisotopic (exact) mass is 564 g/mol. The van der Waals surface area contributed by atoms with Crippen LogP contribution < -0.4 is 15.5 Å². The van der Waals surface area contributed by atoms with Crippen molar-refractivity contribution in [3.8, 4) is 0 Å². The Hall–Kier alpha value is -1.35. The predicted octanol–water partition coefficient (Wildman–Crippen LogP) is 1.99. The largest absolute Gasteiger partial charge is 0.511 e. The van der Waals surface area contributed by atoms with E-state index in [1.54, 1.807) is 13.2 Å². The number of anilines is 1. The molecule has 0 atom stereocenters. The van der Waals surface area contributed by atoms with Gasteiger partial charge in [-0.05, 0) is 36.5 Å². The zero-order valence-corrected chi connectivity index (χ0v) is 20.3. The summed E-state index contributed by atoms with van der Waals surface area (Å²) in [6.45, 7) is 0.763. The van der Waals surface area contributed by atoms with Crippen LogP contribution in [0.5, 0.6) is 0 Å². The van der Waals surface area contributed by atoms with E-state index in [0.717, 1.165) is 11.4 Å². The average molecular weight is 564 g/mol. The third kappa shape index (κ3) is 7.11. The van der Waals surface area contributed by atoms with Crippen LogP contribution in [0.1, 0.15) is 18.4 Å². The zero-order valence-electron chi connectivity index (χ0n) is 17.1. The van der Waals surface area contributed by atoms with Crippen LogP contribution >= 0.6 is 24.0 Å². The smallest absolute Gasteiger partial charge is 0.363 e. The highest BCUT2D eigenvalue weighted by molar-refractivity contribution is 14.0. The maximum atomic E-state index is 12.6. The van der Waals surface area contributed by atoms with Crippen molar-refractivity contribution >= 4 is 45.8 Å². The summed E-state index contributed by atoms with van der Waals surface area (Å²) in [5.41, 5.74) is -4.22. The molecular weight excluding hydrogens is 536 g/mol. The fourth-order valence-electron chi connectivity index (χ4n) is 2.96. The van der Waals surface area contributed by atoms with Gasteiger partial charge in [0.25, 0.3) is 0 Å². The molecule has 1 aliphatic heterocycles. The van der Waals surface area contributed by atoms with Crippen LogP contribution in [0, 0.1) is 5.92 Å². The lowest BCUT2D eigenvalue weighted by atomic mass is 9.98. The lowest BCUT2D eigenvalue weighted by Crippen LogP contribution is -2.47. The molecule has 0 spiro atoms. The van der Waals surface area contributed by atoms with Crippen molar-refractivity contribution in [2.75, 3.05) is 45.7 Å². The quantitative estimate of drug-likeness (QED) is 0.312. The molecule has 0 aliphatic carbocycles. The van der Waals surface area contributed by atoms with Crippen LogP contribution in [0.3, 0.4) is 0 Å². The molecule has 1 aromatic rings. The van der Waals surface area contributed by atoms with Gasteiger partial charge in [0.1, 0.15) is 5.82 Å². The van der Waals surface area contributed by atoms with Gasteiger partial charge in [-0.2, -0.15) is 17.5 Å². The molecule has 30 heavy (non-hydrogen) atoms. The number of hydrogen-bond donors (Lipinski definition) is 2. The van der Waals surface area contributed by atoms with E-state index < -0.39 is 15.5 Å². The third-order valence-corrected chi connectivity index (χ3v) is 6.35. The van der Waals surface area contributed by atoms with Crippen LogP contribution in [-0.4, -0.2) is 70.0 Å². The molecule has 2 heterocycles. The summed E-state index contributed by atoms with van der Waals surface area (Å²) in [5.74, 6) is 1.47. The number of nitrogens with one attached hydrogen (secondary N) is 2. The van der Waals surface area contributed by atoms with Gasteiger partial charge in [0, 0.05) is 53.5 Å². The van der Waals surface area contributed by atoms with Gasteiger partial charge >= 0.3 is 15.5 Å². The summed E-state index contributed by atoms with van der Waals surface area (Å²) in [5, 5.41) is 6.34. The Kier molecular flexibility index (Phi) is 10.1. The molecule has 1 fully saturated rings. The molecule has 0 unspecified atom stereocenters. The fraction of sp³-hybridized carbons (Fsp3) is 0.647. The number of guanidine groups is 1. The maximum absolute atomic E-state index is 12.6. The Bertz CT molecular complexity index is 812. The molecule has 172 valence electrons. The van der Waals surface area contributed by atoms with E-state index in [1.807, 2.05) is 31.1 Å². The Morgan fingerprint density at radius 1 is 1.30 bits per heavy atom. The topological polar surface area (TPSA) is 89.9 Å². The van der Waals surface area contributed by atoms with Crippen LogP contribution in [0.4, 0.5) is 19.0 Å². The zero-order chi connectivity index (χ0) is 21.7. The molecular formula is C17H28F3IN6O2S. The molecule has 0 bridgehead atoms. The number of aromatic nitrogens is 1. The van der Waals surface area contributed by atoms with Crippen molar-refractivity contribution in [3.63, 3.8) is 0 Å². The van der Waals surface area contributed by atoms with Gasteiger partial charge in [-0.25, -0.2) is 13.4 Å². The van der Waals surface area contributed by atoms with Gasteiger partial charge in [0.15, 0.2) is 5.96 Å². The second-order valence-corrected chi connectivity index (χ2v) is 8.95. The summed E-state index contributed by atoms with van der Waals surface area (Å²) in [6.07, 6.45) is 2.44. The number of aliphatic imine (C=N–C) groups is 1. The highest BCUT2D eigenvalue weighted by atomic mass is 127. The minimum absolute atomic E-state index is 0. The Balaban J connectivity index is 0.00000450. The number of halogens is 4. The summed E-state index contributed by atoms with van der Waals surface area (Å²) >= 11 is 0. The normalized spacial score (nSPS) is 16.7. The van der Waals surface area contributed by atoms with E-state index in [1.165, 1.54) is 0 Å². The summed E-state index contributed by atoms with van der Waals surface area (Å²) < 4.78 is 61.3. The van der Waals surface area contributed by atoms with Crippen molar-refractivity contribution < 1.29 is 21.6 Å². The van der Waals surface area contributed by atoms with Crippen LogP contribution in [-0.2, 0) is 16.6 Å². The van der Waals surface area contributed by atoms with Crippen molar-refractivity contribution in [1.82, 2.24) is 19.9 Å². The number of nitrogens with zero attached hydrogens (tertiary/aromatic N) is 4. The molecule has 2 rings (SSSR count). The molecule has 1 aromatic heterocycles. The van der Waals surface area contributed by atoms with Crippen molar-refractivity contribution in [2.24, 2.45) is 10.9 Å². The van der Waals surface area contributed by atoms with Crippen molar-refractivity contribution in [2.45, 2.75) is 24.9 Å². The highest BCUT2D eigenvalue weighted by Crippen LogP contribution is 2.30. The number of alkyl halides is 3. The predicted molar refractivity (Wildman–Crippen MR) is 121 cm³/mol. The maximum Gasteiger partial charge on any atom is 0.511 e. The molecule has 1 aliphatic rings. The lowest BCUT2D eigenvalue weighted by molar-refractivity contribution is -0.0496. The first-order chi connectivity index (χ1) is 13.5. The number of pyridine rings is 1. The third-order valence-electron chi connectivity index (χ3n) is 4.72. The van der Waals surface area contributed by atoms with Gasteiger partial charge in [-0.1, -0.05) is 0 Å². The van der Waals surface area contributed by atoms with E-state index in [-0.39, 0.29) is 43.0 Å². The van der Waals surface area contributed by atoms with E-state index in [0.29, 0.717) is 36.2 Å². The van der Waals surface area contributed by atoms with Gasteiger partial charge < -0.3 is 15.5 Å². The van der Waals surface area contributed by atoms with Crippen molar-refractivity contribution in [1.29, 1.82) is 0 Å². The Labute approximate surface area is 192 Å². The van der Waals surface area contributed by atoms with E-state index in [4.69, 9.17) is 0 Å². The average Bonchev–Trinajstić information content (AvgIpc) is 2.67. The second kappa shape index (κ2) is 11.3. The van der Waals surface area contributed by atoms with Gasteiger partial charge in [0.2, 0.25) is 0 Å². The van der Waals surface area contributed by atoms with Gasteiger partial charge in [0.05, 0.1) is 0 Å². The number of rotatable bonds is 6. The summed E-state index contributed by atoms with van der Waals surface area (Å²) in [6, 6.07) is 3.85. The van der Waals surface area contributed by atoms with Crippen LogP contribution in [0.15, 0.2) is 23.3 Å². The molecule has 13 heteroatoms. The second-order valence-electron chi connectivity index (χ2n) is 7.02. The van der Waals surface area contributed by atoms with Gasteiger partial charge in [-0.3, -0.25) is 4.99 Å². The SMILES string of the molecule is CN=C(NCc1ccnc(N(C)C)c1)NCC1CCN(S(=O)(=O)C(F)(F)F)CC1.I. The number of hydrogen-bond acceptors (Lipinski definition) is 5. The standard InChI is InChI=1S/C17H27F3N6O2S.HI/c1-21-16(24-12-14-4-7-22-15(10-14)25(2)3)23-11-13-5-8-26(9-6-13)29(27,28)17(18,19)20;/h4,7,10,13H,5-6,8-9,11-12H2,1-3H3,(H2,21,23,24);1H. The van der Waals surface area contributed by atoms with E-state index in [2.05, 4.69) is 20.6 Å². The lowest BCUT2D eigenvalue weighted by Gasteiger charge is -2.31. The van der Waals surface area contributed by atoms with E-state index in [9.17, 15) is 21.6 Å². The minimum atomic E-state index is -5.25. The molecule has 0 amide bonds. The van der Waals surface area contributed by atoms with Crippen LogP contribution in [0.2, 0.25) is 0 Å². The number of sulfonamides is 1. The van der Waals surface area contributed by atoms with E-state index >= 15 is 0 Å². The molecule has 1 saturated heterocycles. The summed E-state index contributed by atoms with van der Waals surface area (Å²) in [7, 11) is 0.207. The number of piperidine rings is 1. The first-order valence-electron chi connectivity index (χ1n) is 9.17. The highest BCUT2D eigenvalue weighted by Gasteiger charge is 2.50. The fourth-order valence-corrected chi connectivity index (χ4v) is 3.95. The first kappa shape index (κ1) is 26.7. The molecule has 2 N–H and O–H groups in total. The van der Waals surface area contributed by atoms with Crippen molar-refractivity contribution in [3.05, 3.63) is 23.9 Å². The molecule has 0 radical (unpaired) electrons. The van der Waals surface area contributed by atoms with Crippen LogP contribution in [0.25, 0.3) is 0 Å².